The molecule has 0 saturated carbocycles. The highest BCUT2D eigenvalue weighted by atomic mass is 16.4. The van der Waals surface area contributed by atoms with Gasteiger partial charge in [-0.2, -0.15) is 0 Å². The molecule has 0 aromatic heterocycles. The molecule has 0 rings (SSSR count). The van der Waals surface area contributed by atoms with Crippen LogP contribution in [-0.4, -0.2) is 29.2 Å². The van der Waals surface area contributed by atoms with Gasteiger partial charge in [-0.1, -0.05) is 7.43 Å². The van der Waals surface area contributed by atoms with Gasteiger partial charge in [0, 0.05) is 0 Å². The topological polar surface area (TPSA) is 69.6 Å². The van der Waals surface area contributed by atoms with E-state index in [4.69, 9.17) is 10.1 Å². The van der Waals surface area contributed by atoms with Crippen molar-refractivity contribution in [3.05, 3.63) is 0 Å². The predicted octanol–water partition coefficient (Wildman–Crippen LogP) is -0.205. The molecule has 0 aliphatic rings. The van der Waals surface area contributed by atoms with Crippen LogP contribution < -0.4 is 5.23 Å². The minimum absolute atomic E-state index is 0. The second kappa shape index (κ2) is 5.26. The van der Waals surface area contributed by atoms with Crippen molar-refractivity contribution < 1.29 is 14.9 Å². The summed E-state index contributed by atoms with van der Waals surface area (Å²) in [4.78, 5) is 10.1. The molecule has 0 aromatic carbocycles. The van der Waals surface area contributed by atoms with E-state index in [1.807, 2.05) is 0 Å². The van der Waals surface area contributed by atoms with Gasteiger partial charge in [-0.25, -0.2) is 0 Å². The normalized spacial score (nSPS) is 11.5. The van der Waals surface area contributed by atoms with Gasteiger partial charge in [-0.05, 0) is 13.7 Å². The zero-order valence-electron chi connectivity index (χ0n) is 5.46. The molecular formula is C5H14BNO3. The lowest BCUT2D eigenvalue weighted by atomic mass is 9.87. The van der Waals surface area contributed by atoms with E-state index in [2.05, 4.69) is 5.23 Å². The lowest BCUT2D eigenvalue weighted by molar-refractivity contribution is -0.138. The van der Waals surface area contributed by atoms with Gasteiger partial charge in [0.05, 0.1) is 6.04 Å². The number of nitrogens with one attached hydrogen (secondary N) is 1. The number of hydrogen-bond acceptors (Lipinski definition) is 3. The summed E-state index contributed by atoms with van der Waals surface area (Å²) in [6.45, 7) is 2.94. The largest absolute Gasteiger partial charge is 0.480 e. The van der Waals surface area contributed by atoms with Crippen LogP contribution in [0.5, 0.6) is 0 Å². The Morgan fingerprint density at radius 3 is 2.20 bits per heavy atom. The molecule has 0 radical (unpaired) electrons. The Hall–Kier alpha value is -0.545. The van der Waals surface area contributed by atoms with Gasteiger partial charge in [0.2, 0.25) is 0 Å². The van der Waals surface area contributed by atoms with E-state index in [1.165, 1.54) is 13.7 Å². The van der Waals surface area contributed by atoms with Crippen LogP contribution in [0.3, 0.4) is 0 Å². The third kappa shape index (κ3) is 5.59. The van der Waals surface area contributed by atoms with Crippen molar-refractivity contribution >= 4 is 13.0 Å². The molecule has 0 aliphatic carbocycles. The highest BCUT2D eigenvalue weighted by Gasteiger charge is 2.13. The van der Waals surface area contributed by atoms with E-state index in [0.29, 0.717) is 0 Å². The summed E-state index contributed by atoms with van der Waals surface area (Å²) in [5.41, 5.74) is 0. The van der Waals surface area contributed by atoms with E-state index in [0.717, 1.165) is 0 Å². The molecular weight excluding hydrogens is 133 g/mol. The molecule has 1 atom stereocenters. The summed E-state index contributed by atoms with van der Waals surface area (Å²) in [6.07, 6.45) is 0. The first kappa shape index (κ1) is 12.2. The van der Waals surface area contributed by atoms with Crippen molar-refractivity contribution in [2.45, 2.75) is 27.2 Å². The Balaban J connectivity index is 0. The minimum Gasteiger partial charge on any atom is -0.480 e. The first-order valence-electron chi connectivity index (χ1n) is 2.71. The Bertz CT molecular complexity index is 107. The van der Waals surface area contributed by atoms with Crippen molar-refractivity contribution in [3.63, 3.8) is 0 Å². The van der Waals surface area contributed by atoms with Crippen LogP contribution in [0.15, 0.2) is 0 Å². The van der Waals surface area contributed by atoms with E-state index < -0.39 is 19.1 Å². The lowest BCUT2D eigenvalue weighted by Gasteiger charge is -2.07. The SMILES string of the molecule is C.CB(O)NC(C)C(=O)O. The fourth-order valence-corrected chi connectivity index (χ4v) is 0.433. The van der Waals surface area contributed by atoms with Gasteiger partial charge in [-0.15, -0.1) is 0 Å². The zero-order valence-corrected chi connectivity index (χ0v) is 5.46. The van der Waals surface area contributed by atoms with Crippen molar-refractivity contribution in [2.24, 2.45) is 0 Å². The highest BCUT2D eigenvalue weighted by Crippen LogP contribution is 1.80. The van der Waals surface area contributed by atoms with Crippen molar-refractivity contribution in [2.75, 3.05) is 0 Å². The van der Waals surface area contributed by atoms with Crippen molar-refractivity contribution in [3.8, 4) is 0 Å². The molecule has 0 aliphatic heterocycles. The first-order chi connectivity index (χ1) is 4.04. The summed E-state index contributed by atoms with van der Waals surface area (Å²) in [6, 6.07) is -0.690. The maximum atomic E-state index is 10.1. The summed E-state index contributed by atoms with van der Waals surface area (Å²) >= 11 is 0. The molecule has 0 saturated heterocycles. The Morgan fingerprint density at radius 1 is 1.70 bits per heavy atom. The average molecular weight is 147 g/mol. The molecule has 3 N–H and O–H groups in total. The fraction of sp³-hybridized carbons (Fsp3) is 0.800. The maximum Gasteiger partial charge on any atom is 0.374 e. The summed E-state index contributed by atoms with van der Waals surface area (Å²) in [5.74, 6) is -0.962. The quantitative estimate of drug-likeness (QED) is 0.483. The van der Waals surface area contributed by atoms with Gasteiger partial charge in [0.15, 0.2) is 0 Å². The second-order valence-electron chi connectivity index (χ2n) is 1.90. The molecule has 60 valence electrons. The van der Waals surface area contributed by atoms with Gasteiger partial charge in [0.25, 0.3) is 0 Å². The van der Waals surface area contributed by atoms with Crippen LogP contribution in [-0.2, 0) is 4.79 Å². The summed E-state index contributed by atoms with van der Waals surface area (Å²) in [7, 11) is -0.768. The molecule has 1 unspecified atom stereocenters. The minimum atomic E-state index is -0.962. The van der Waals surface area contributed by atoms with E-state index in [9.17, 15) is 4.79 Å². The van der Waals surface area contributed by atoms with Gasteiger partial charge >= 0.3 is 13.0 Å². The van der Waals surface area contributed by atoms with Crippen LogP contribution >= 0.6 is 0 Å². The predicted molar refractivity (Wildman–Crippen MR) is 40.8 cm³/mol. The van der Waals surface area contributed by atoms with Crippen molar-refractivity contribution in [1.82, 2.24) is 5.23 Å². The number of hydrogen-bond donors (Lipinski definition) is 3. The number of carboxylic acids is 1. The van der Waals surface area contributed by atoms with Crippen LogP contribution in [0.2, 0.25) is 6.82 Å². The third-order valence-corrected chi connectivity index (χ3v) is 0.862. The van der Waals surface area contributed by atoms with E-state index in [1.54, 1.807) is 0 Å². The number of carboxylic acid groups (broad SMARTS) is 1. The number of rotatable bonds is 3. The van der Waals surface area contributed by atoms with Crippen LogP contribution in [0.25, 0.3) is 0 Å². The van der Waals surface area contributed by atoms with Crippen molar-refractivity contribution in [1.29, 1.82) is 0 Å². The molecule has 0 spiro atoms. The fourth-order valence-electron chi connectivity index (χ4n) is 0.433. The summed E-state index contributed by atoms with van der Waals surface area (Å²) in [5, 5.41) is 19.3. The Kier molecular flexibility index (Phi) is 6.39. The molecule has 5 heteroatoms. The molecule has 0 amide bonds. The molecule has 0 fully saturated rings. The van der Waals surface area contributed by atoms with E-state index >= 15 is 0 Å². The highest BCUT2D eigenvalue weighted by molar-refractivity contribution is 6.45. The van der Waals surface area contributed by atoms with Crippen LogP contribution in [0.4, 0.5) is 0 Å². The lowest BCUT2D eigenvalue weighted by Crippen LogP contribution is -2.42. The second-order valence-corrected chi connectivity index (χ2v) is 1.90. The molecule has 4 nitrogen and oxygen atoms in total. The number of aliphatic carboxylic acids is 1. The molecule has 0 heterocycles. The summed E-state index contributed by atoms with van der Waals surface area (Å²) < 4.78 is 0. The van der Waals surface area contributed by atoms with Crippen LogP contribution in [0.1, 0.15) is 14.4 Å². The van der Waals surface area contributed by atoms with Gasteiger partial charge in [0.1, 0.15) is 0 Å². The monoisotopic (exact) mass is 147 g/mol. The van der Waals surface area contributed by atoms with E-state index in [-0.39, 0.29) is 7.43 Å². The zero-order chi connectivity index (χ0) is 7.44. The maximum absolute atomic E-state index is 10.1. The Morgan fingerprint density at radius 2 is 2.10 bits per heavy atom. The molecule has 0 aromatic rings. The number of carbonyl (C=O) groups is 1. The van der Waals surface area contributed by atoms with Gasteiger partial charge < -0.3 is 15.4 Å². The standard InChI is InChI=1S/C4H10BNO3.CH4/c1-3(4(7)8)6-5(2)9;/h3,6,9H,1-2H3,(H,7,8);1H4. The van der Waals surface area contributed by atoms with Crippen LogP contribution in [0, 0.1) is 0 Å². The molecule has 0 bridgehead atoms. The Labute approximate surface area is 61.4 Å². The smallest absolute Gasteiger partial charge is 0.374 e. The van der Waals surface area contributed by atoms with Gasteiger partial charge in [-0.3, -0.25) is 4.79 Å². The molecule has 10 heavy (non-hydrogen) atoms. The average Bonchev–Trinajstić information content (AvgIpc) is 1.63. The third-order valence-electron chi connectivity index (χ3n) is 0.862. The first-order valence-corrected chi connectivity index (χ1v) is 2.71.